The fourth-order valence-corrected chi connectivity index (χ4v) is 2.30. The SMILES string of the molecule is CSCCN(C)C(=O)CC1CCNCC1. The van der Waals surface area contributed by atoms with Crippen molar-refractivity contribution in [2.75, 3.05) is 38.7 Å². The van der Waals surface area contributed by atoms with Gasteiger partial charge in [-0.1, -0.05) is 0 Å². The number of thioether (sulfide) groups is 1. The van der Waals surface area contributed by atoms with Crippen LogP contribution in [-0.2, 0) is 4.79 Å². The lowest BCUT2D eigenvalue weighted by molar-refractivity contribution is -0.130. The summed E-state index contributed by atoms with van der Waals surface area (Å²) >= 11 is 1.79. The van der Waals surface area contributed by atoms with E-state index in [2.05, 4.69) is 11.6 Å². The van der Waals surface area contributed by atoms with Crippen LogP contribution in [0.1, 0.15) is 19.3 Å². The molecule has 0 aliphatic carbocycles. The van der Waals surface area contributed by atoms with Crippen molar-refractivity contribution >= 4 is 17.7 Å². The predicted octanol–water partition coefficient (Wildman–Crippen LogP) is 1.20. The standard InChI is InChI=1S/C11H22N2OS/c1-13(7-8-15-2)11(14)9-10-3-5-12-6-4-10/h10,12H,3-9H2,1-2H3. The first-order valence-corrected chi connectivity index (χ1v) is 7.07. The summed E-state index contributed by atoms with van der Waals surface area (Å²) in [5, 5.41) is 3.32. The summed E-state index contributed by atoms with van der Waals surface area (Å²) in [6.07, 6.45) is 5.13. The summed E-state index contributed by atoms with van der Waals surface area (Å²) in [6.45, 7) is 3.03. The lowest BCUT2D eigenvalue weighted by atomic mass is 9.94. The van der Waals surface area contributed by atoms with Crippen molar-refractivity contribution < 1.29 is 4.79 Å². The average Bonchev–Trinajstić information content (AvgIpc) is 2.27. The van der Waals surface area contributed by atoms with Crippen LogP contribution in [0.25, 0.3) is 0 Å². The topological polar surface area (TPSA) is 32.3 Å². The molecular weight excluding hydrogens is 208 g/mol. The van der Waals surface area contributed by atoms with E-state index < -0.39 is 0 Å². The second-order valence-corrected chi connectivity index (χ2v) is 5.19. The van der Waals surface area contributed by atoms with Crippen molar-refractivity contribution in [2.24, 2.45) is 5.92 Å². The molecule has 0 aromatic heterocycles. The Labute approximate surface area is 97.0 Å². The molecule has 0 spiro atoms. The van der Waals surface area contributed by atoms with Crippen LogP contribution in [0.15, 0.2) is 0 Å². The van der Waals surface area contributed by atoms with Crippen LogP contribution in [0.2, 0.25) is 0 Å². The van der Waals surface area contributed by atoms with Crippen molar-refractivity contribution in [3.63, 3.8) is 0 Å². The molecule has 0 aromatic carbocycles. The summed E-state index contributed by atoms with van der Waals surface area (Å²) in [7, 11) is 1.92. The average molecular weight is 230 g/mol. The fraction of sp³-hybridized carbons (Fsp3) is 0.909. The number of hydrogen-bond donors (Lipinski definition) is 1. The first kappa shape index (κ1) is 12.8. The molecule has 1 aliphatic rings. The molecule has 4 heteroatoms. The minimum Gasteiger partial charge on any atom is -0.345 e. The largest absolute Gasteiger partial charge is 0.345 e. The van der Waals surface area contributed by atoms with Gasteiger partial charge < -0.3 is 10.2 Å². The number of hydrogen-bond acceptors (Lipinski definition) is 3. The molecule has 1 rings (SSSR count). The smallest absolute Gasteiger partial charge is 0.222 e. The second-order valence-electron chi connectivity index (χ2n) is 4.21. The van der Waals surface area contributed by atoms with Crippen LogP contribution in [0.3, 0.4) is 0 Å². The summed E-state index contributed by atoms with van der Waals surface area (Å²) in [5.74, 6) is 1.96. The Morgan fingerprint density at radius 2 is 2.13 bits per heavy atom. The predicted molar refractivity (Wildman–Crippen MR) is 66.2 cm³/mol. The Morgan fingerprint density at radius 1 is 1.47 bits per heavy atom. The maximum Gasteiger partial charge on any atom is 0.222 e. The van der Waals surface area contributed by atoms with Crippen LogP contribution >= 0.6 is 11.8 Å². The van der Waals surface area contributed by atoms with E-state index in [4.69, 9.17) is 0 Å². The van der Waals surface area contributed by atoms with E-state index in [1.54, 1.807) is 11.8 Å². The lowest BCUT2D eigenvalue weighted by Crippen LogP contribution is -2.34. The van der Waals surface area contributed by atoms with Crippen LogP contribution in [0.4, 0.5) is 0 Å². The molecule has 1 saturated heterocycles. The highest BCUT2D eigenvalue weighted by Gasteiger charge is 2.18. The molecule has 0 unspecified atom stereocenters. The van der Waals surface area contributed by atoms with E-state index in [0.29, 0.717) is 11.8 Å². The normalized spacial score (nSPS) is 17.7. The van der Waals surface area contributed by atoms with Gasteiger partial charge in [0.05, 0.1) is 0 Å². The Balaban J connectivity index is 2.20. The monoisotopic (exact) mass is 230 g/mol. The number of piperidine rings is 1. The molecule has 15 heavy (non-hydrogen) atoms. The van der Waals surface area contributed by atoms with Crippen LogP contribution < -0.4 is 5.32 Å². The van der Waals surface area contributed by atoms with Gasteiger partial charge in [-0.25, -0.2) is 0 Å². The maximum atomic E-state index is 11.8. The number of nitrogens with one attached hydrogen (secondary N) is 1. The lowest BCUT2D eigenvalue weighted by Gasteiger charge is -2.24. The Kier molecular flexibility index (Phi) is 6.10. The quantitative estimate of drug-likeness (QED) is 0.770. The van der Waals surface area contributed by atoms with Crippen molar-refractivity contribution in [3.05, 3.63) is 0 Å². The third-order valence-electron chi connectivity index (χ3n) is 2.98. The first-order valence-electron chi connectivity index (χ1n) is 5.67. The molecule has 1 fully saturated rings. The molecule has 88 valence electrons. The number of carbonyl (C=O) groups excluding carboxylic acids is 1. The Morgan fingerprint density at radius 3 is 2.73 bits per heavy atom. The van der Waals surface area contributed by atoms with Gasteiger partial charge in [0.15, 0.2) is 0 Å². The zero-order valence-electron chi connectivity index (χ0n) is 9.79. The highest BCUT2D eigenvalue weighted by Crippen LogP contribution is 2.16. The van der Waals surface area contributed by atoms with Gasteiger partial charge in [0.25, 0.3) is 0 Å². The van der Waals surface area contributed by atoms with E-state index in [9.17, 15) is 4.79 Å². The third kappa shape index (κ3) is 4.89. The highest BCUT2D eigenvalue weighted by atomic mass is 32.2. The second kappa shape index (κ2) is 7.12. The maximum absolute atomic E-state index is 11.8. The molecular formula is C11H22N2OS. The van der Waals surface area contributed by atoms with Crippen molar-refractivity contribution in [1.82, 2.24) is 10.2 Å². The fourth-order valence-electron chi connectivity index (χ4n) is 1.84. The molecule has 1 aliphatic heterocycles. The minimum absolute atomic E-state index is 0.316. The molecule has 0 radical (unpaired) electrons. The number of rotatable bonds is 5. The zero-order valence-corrected chi connectivity index (χ0v) is 10.6. The molecule has 0 bridgehead atoms. The van der Waals surface area contributed by atoms with Gasteiger partial charge in [0.1, 0.15) is 0 Å². The molecule has 0 atom stereocenters. The number of amides is 1. The summed E-state index contributed by atoms with van der Waals surface area (Å²) in [4.78, 5) is 13.7. The first-order chi connectivity index (χ1) is 7.24. The molecule has 0 aromatic rings. The van der Waals surface area contributed by atoms with E-state index in [1.807, 2.05) is 11.9 Å². The van der Waals surface area contributed by atoms with Gasteiger partial charge in [-0.3, -0.25) is 4.79 Å². The molecule has 1 amide bonds. The molecule has 3 nitrogen and oxygen atoms in total. The van der Waals surface area contributed by atoms with E-state index in [1.165, 1.54) is 0 Å². The Bertz CT molecular complexity index is 193. The van der Waals surface area contributed by atoms with Crippen LogP contribution in [0, 0.1) is 5.92 Å². The van der Waals surface area contributed by atoms with E-state index in [0.717, 1.165) is 44.6 Å². The van der Waals surface area contributed by atoms with Crippen molar-refractivity contribution in [1.29, 1.82) is 0 Å². The van der Waals surface area contributed by atoms with Gasteiger partial charge in [-0.15, -0.1) is 0 Å². The minimum atomic E-state index is 0.316. The van der Waals surface area contributed by atoms with Gasteiger partial charge >= 0.3 is 0 Å². The zero-order chi connectivity index (χ0) is 11.1. The van der Waals surface area contributed by atoms with Gasteiger partial charge in [0, 0.05) is 25.8 Å². The van der Waals surface area contributed by atoms with Gasteiger partial charge in [-0.2, -0.15) is 11.8 Å². The highest BCUT2D eigenvalue weighted by molar-refractivity contribution is 7.98. The van der Waals surface area contributed by atoms with Crippen LogP contribution in [-0.4, -0.2) is 49.5 Å². The van der Waals surface area contributed by atoms with Crippen molar-refractivity contribution in [2.45, 2.75) is 19.3 Å². The van der Waals surface area contributed by atoms with Gasteiger partial charge in [-0.05, 0) is 38.1 Å². The summed E-state index contributed by atoms with van der Waals surface area (Å²) < 4.78 is 0. The third-order valence-corrected chi connectivity index (χ3v) is 3.57. The number of carbonyl (C=O) groups is 1. The van der Waals surface area contributed by atoms with E-state index in [-0.39, 0.29) is 0 Å². The molecule has 0 saturated carbocycles. The number of nitrogens with zero attached hydrogens (tertiary/aromatic N) is 1. The Hall–Kier alpha value is -0.220. The molecule has 1 N–H and O–H groups in total. The summed E-state index contributed by atoms with van der Waals surface area (Å²) in [5.41, 5.74) is 0. The molecule has 1 heterocycles. The van der Waals surface area contributed by atoms with Gasteiger partial charge in [0.2, 0.25) is 5.91 Å². The van der Waals surface area contributed by atoms with Crippen molar-refractivity contribution in [3.8, 4) is 0 Å². The van der Waals surface area contributed by atoms with Crippen LogP contribution in [0.5, 0.6) is 0 Å². The van der Waals surface area contributed by atoms with E-state index >= 15 is 0 Å². The summed E-state index contributed by atoms with van der Waals surface area (Å²) in [6, 6.07) is 0.